The molecule has 0 heterocycles. The lowest BCUT2D eigenvalue weighted by Crippen LogP contribution is -2.29. The summed E-state index contributed by atoms with van der Waals surface area (Å²) in [6, 6.07) is 0. The summed E-state index contributed by atoms with van der Waals surface area (Å²) in [6.07, 6.45) is 6.80. The molecule has 106 valence electrons. The number of nitrogens with one attached hydrogen (secondary N) is 1. The van der Waals surface area contributed by atoms with E-state index in [9.17, 15) is 9.59 Å². The first-order valence-electron chi connectivity index (χ1n) is 7.18. The molecule has 1 amide bonds. The van der Waals surface area contributed by atoms with Crippen LogP contribution in [0.3, 0.4) is 0 Å². The van der Waals surface area contributed by atoms with Gasteiger partial charge in [-0.15, -0.1) is 0 Å². The number of hydrogen-bond acceptors (Lipinski definition) is 2. The molecule has 0 aliphatic carbocycles. The van der Waals surface area contributed by atoms with Crippen LogP contribution >= 0.6 is 0 Å². The number of Topliss-reactive ketones (excluding diaryl/α,β-unsaturated/α-hetero) is 1. The van der Waals surface area contributed by atoms with Gasteiger partial charge in [0.05, 0.1) is 0 Å². The van der Waals surface area contributed by atoms with Gasteiger partial charge in [0.25, 0.3) is 0 Å². The zero-order chi connectivity index (χ0) is 14.0. The lowest BCUT2D eigenvalue weighted by atomic mass is 9.89. The van der Waals surface area contributed by atoms with Gasteiger partial charge in [-0.2, -0.15) is 0 Å². The SMILES string of the molecule is CCCCCCCC(=O)NCCC(=O)C(C)(C)C. The van der Waals surface area contributed by atoms with Crippen molar-refractivity contribution in [3.05, 3.63) is 0 Å². The Kier molecular flexibility index (Phi) is 8.69. The van der Waals surface area contributed by atoms with Crippen molar-refractivity contribution < 1.29 is 9.59 Å². The summed E-state index contributed by atoms with van der Waals surface area (Å²) in [6.45, 7) is 8.38. The Morgan fingerprint density at radius 1 is 0.944 bits per heavy atom. The first-order valence-corrected chi connectivity index (χ1v) is 7.18. The molecule has 0 atom stereocenters. The Balaban J connectivity index is 3.51. The molecule has 0 saturated carbocycles. The van der Waals surface area contributed by atoms with Crippen LogP contribution in [0.1, 0.15) is 72.6 Å². The minimum absolute atomic E-state index is 0.0770. The highest BCUT2D eigenvalue weighted by molar-refractivity contribution is 5.84. The van der Waals surface area contributed by atoms with E-state index in [4.69, 9.17) is 0 Å². The van der Waals surface area contributed by atoms with Crippen molar-refractivity contribution in [3.8, 4) is 0 Å². The van der Waals surface area contributed by atoms with Gasteiger partial charge in [0.1, 0.15) is 5.78 Å². The van der Waals surface area contributed by atoms with Crippen LogP contribution in [0.5, 0.6) is 0 Å². The van der Waals surface area contributed by atoms with Crippen molar-refractivity contribution in [1.82, 2.24) is 5.32 Å². The Bertz CT molecular complexity index is 254. The van der Waals surface area contributed by atoms with Crippen LogP contribution < -0.4 is 5.32 Å². The fourth-order valence-electron chi connectivity index (χ4n) is 1.67. The minimum atomic E-state index is -0.301. The lowest BCUT2D eigenvalue weighted by molar-refractivity contribution is -0.126. The van der Waals surface area contributed by atoms with Crippen LogP contribution in [0.4, 0.5) is 0 Å². The van der Waals surface area contributed by atoms with Crippen LogP contribution in [0.25, 0.3) is 0 Å². The molecule has 0 unspecified atom stereocenters. The molecule has 0 bridgehead atoms. The fourth-order valence-corrected chi connectivity index (χ4v) is 1.67. The average molecular weight is 255 g/mol. The molecule has 18 heavy (non-hydrogen) atoms. The van der Waals surface area contributed by atoms with Gasteiger partial charge < -0.3 is 5.32 Å². The summed E-state index contributed by atoms with van der Waals surface area (Å²) in [7, 11) is 0. The van der Waals surface area contributed by atoms with Gasteiger partial charge in [-0.1, -0.05) is 53.4 Å². The monoisotopic (exact) mass is 255 g/mol. The van der Waals surface area contributed by atoms with Crippen molar-refractivity contribution in [2.75, 3.05) is 6.54 Å². The highest BCUT2D eigenvalue weighted by atomic mass is 16.1. The maximum absolute atomic E-state index is 11.6. The smallest absolute Gasteiger partial charge is 0.220 e. The molecule has 0 spiro atoms. The Morgan fingerprint density at radius 2 is 1.56 bits per heavy atom. The van der Waals surface area contributed by atoms with Crippen molar-refractivity contribution in [3.63, 3.8) is 0 Å². The second-order valence-electron chi connectivity index (χ2n) is 5.94. The zero-order valence-electron chi connectivity index (χ0n) is 12.5. The van der Waals surface area contributed by atoms with Gasteiger partial charge in [0, 0.05) is 24.8 Å². The predicted octanol–water partition coefficient (Wildman–Crippen LogP) is 3.47. The molecule has 1 N–H and O–H groups in total. The first-order chi connectivity index (χ1) is 8.38. The van der Waals surface area contributed by atoms with Gasteiger partial charge >= 0.3 is 0 Å². The number of amides is 1. The van der Waals surface area contributed by atoms with Crippen molar-refractivity contribution in [2.45, 2.75) is 72.6 Å². The highest BCUT2D eigenvalue weighted by Gasteiger charge is 2.20. The predicted molar refractivity (Wildman–Crippen MR) is 75.5 cm³/mol. The third kappa shape index (κ3) is 9.20. The second-order valence-corrected chi connectivity index (χ2v) is 5.94. The van der Waals surface area contributed by atoms with Gasteiger partial charge in [0.2, 0.25) is 5.91 Å². The quantitative estimate of drug-likeness (QED) is 0.641. The van der Waals surface area contributed by atoms with Crippen LogP contribution in [-0.2, 0) is 9.59 Å². The maximum atomic E-state index is 11.6. The maximum Gasteiger partial charge on any atom is 0.220 e. The summed E-state index contributed by atoms with van der Waals surface area (Å²) in [4.78, 5) is 23.1. The van der Waals surface area contributed by atoms with Gasteiger partial charge in [-0.05, 0) is 6.42 Å². The summed E-state index contributed by atoms with van der Waals surface area (Å²) in [5.74, 6) is 0.277. The number of carbonyl (C=O) groups is 2. The van der Waals surface area contributed by atoms with Gasteiger partial charge in [-0.25, -0.2) is 0 Å². The normalized spacial score (nSPS) is 11.3. The van der Waals surface area contributed by atoms with E-state index in [2.05, 4.69) is 12.2 Å². The van der Waals surface area contributed by atoms with E-state index in [0.29, 0.717) is 19.4 Å². The fraction of sp³-hybridized carbons (Fsp3) is 0.867. The minimum Gasteiger partial charge on any atom is -0.356 e. The zero-order valence-corrected chi connectivity index (χ0v) is 12.5. The third-order valence-electron chi connectivity index (χ3n) is 3.02. The third-order valence-corrected chi connectivity index (χ3v) is 3.02. The summed E-state index contributed by atoms with van der Waals surface area (Å²) >= 11 is 0. The topological polar surface area (TPSA) is 46.2 Å². The molecule has 0 aliphatic rings. The standard InChI is InChI=1S/C15H29NO2/c1-5-6-7-8-9-10-14(18)16-12-11-13(17)15(2,3)4/h5-12H2,1-4H3,(H,16,18). The van der Waals surface area contributed by atoms with E-state index in [1.165, 1.54) is 19.3 Å². The molecule has 0 aliphatic heterocycles. The number of hydrogen-bond donors (Lipinski definition) is 1. The molecule has 0 radical (unpaired) electrons. The molecule has 0 fully saturated rings. The molecule has 3 nitrogen and oxygen atoms in total. The lowest BCUT2D eigenvalue weighted by Gasteiger charge is -2.16. The van der Waals surface area contributed by atoms with Crippen molar-refractivity contribution in [1.29, 1.82) is 0 Å². The number of ketones is 1. The van der Waals surface area contributed by atoms with E-state index in [1.807, 2.05) is 20.8 Å². The molecular weight excluding hydrogens is 226 g/mol. The molecule has 0 aromatic heterocycles. The first kappa shape index (κ1) is 17.1. The summed E-state index contributed by atoms with van der Waals surface area (Å²) in [5.41, 5.74) is -0.301. The van der Waals surface area contributed by atoms with Crippen molar-refractivity contribution >= 4 is 11.7 Å². The van der Waals surface area contributed by atoms with E-state index in [-0.39, 0.29) is 17.1 Å². The van der Waals surface area contributed by atoms with Crippen LogP contribution in [0, 0.1) is 5.41 Å². The molecule has 0 aromatic carbocycles. The molecule has 0 rings (SSSR count). The summed E-state index contributed by atoms with van der Waals surface area (Å²) in [5, 5.41) is 2.82. The summed E-state index contributed by atoms with van der Waals surface area (Å²) < 4.78 is 0. The highest BCUT2D eigenvalue weighted by Crippen LogP contribution is 2.15. The number of unbranched alkanes of at least 4 members (excludes halogenated alkanes) is 4. The number of carbonyl (C=O) groups excluding carboxylic acids is 2. The van der Waals surface area contributed by atoms with Gasteiger partial charge in [-0.3, -0.25) is 9.59 Å². The molecule has 0 saturated heterocycles. The van der Waals surface area contributed by atoms with E-state index in [1.54, 1.807) is 0 Å². The largest absolute Gasteiger partial charge is 0.356 e. The molecule has 3 heteroatoms. The van der Waals surface area contributed by atoms with E-state index in [0.717, 1.165) is 12.8 Å². The Morgan fingerprint density at radius 3 is 2.11 bits per heavy atom. The van der Waals surface area contributed by atoms with E-state index < -0.39 is 0 Å². The van der Waals surface area contributed by atoms with Crippen molar-refractivity contribution in [2.24, 2.45) is 5.41 Å². The van der Waals surface area contributed by atoms with Gasteiger partial charge in [0.15, 0.2) is 0 Å². The number of rotatable bonds is 9. The van der Waals surface area contributed by atoms with Crippen LogP contribution in [-0.4, -0.2) is 18.2 Å². The average Bonchev–Trinajstić information content (AvgIpc) is 2.27. The van der Waals surface area contributed by atoms with Crippen LogP contribution in [0.2, 0.25) is 0 Å². The second kappa shape index (κ2) is 9.12. The Hall–Kier alpha value is -0.860. The molecule has 0 aromatic rings. The van der Waals surface area contributed by atoms with Crippen LogP contribution in [0.15, 0.2) is 0 Å². The van der Waals surface area contributed by atoms with E-state index >= 15 is 0 Å². The molecular formula is C15H29NO2. The Labute approximate surface area is 112 Å².